The van der Waals surface area contributed by atoms with Crippen LogP contribution in [0.4, 0.5) is 5.82 Å². The first kappa shape index (κ1) is 14.6. The van der Waals surface area contributed by atoms with Crippen molar-refractivity contribution in [3.8, 4) is 5.75 Å². The molecule has 0 unspecified atom stereocenters. The van der Waals surface area contributed by atoms with E-state index in [0.717, 1.165) is 42.1 Å². The van der Waals surface area contributed by atoms with Crippen LogP contribution in [0.15, 0.2) is 24.3 Å². The van der Waals surface area contributed by atoms with Crippen molar-refractivity contribution < 1.29 is 4.74 Å². The van der Waals surface area contributed by atoms with E-state index in [1.54, 1.807) is 7.11 Å². The molecule has 4 nitrogen and oxygen atoms in total. The number of nitrogens with one attached hydrogen (secondary N) is 1. The molecule has 0 spiro atoms. The molecule has 4 heteroatoms. The molecule has 0 saturated heterocycles. The van der Waals surface area contributed by atoms with Crippen LogP contribution in [0.5, 0.6) is 5.75 Å². The quantitative estimate of drug-likeness (QED) is 0.877. The number of nitrogens with zero attached hydrogens (tertiary/aromatic N) is 2. The minimum atomic E-state index is 0.839. The molecule has 108 valence electrons. The van der Waals surface area contributed by atoms with Crippen LogP contribution in [0.2, 0.25) is 0 Å². The molecule has 0 amide bonds. The Morgan fingerprint density at radius 3 is 2.70 bits per heavy atom. The standard InChI is InChI=1S/C16H23N3O/c1-5-17-16-13(11-19(3)6-2)9-12-7-8-14(20-4)10-15(12)18-16/h7-10H,5-6,11H2,1-4H3,(H,17,18). The Labute approximate surface area is 120 Å². The van der Waals surface area contributed by atoms with Gasteiger partial charge < -0.3 is 15.0 Å². The second-order valence-corrected chi connectivity index (χ2v) is 4.92. The first-order valence-electron chi connectivity index (χ1n) is 7.08. The maximum Gasteiger partial charge on any atom is 0.131 e. The Morgan fingerprint density at radius 2 is 2.05 bits per heavy atom. The lowest BCUT2D eigenvalue weighted by molar-refractivity contribution is 0.346. The molecule has 1 aromatic carbocycles. The predicted octanol–water partition coefficient (Wildman–Crippen LogP) is 3.13. The SMILES string of the molecule is CCNc1nc2cc(OC)ccc2cc1CN(C)CC. The molecular weight excluding hydrogens is 250 g/mol. The molecule has 1 N–H and O–H groups in total. The van der Waals surface area contributed by atoms with Gasteiger partial charge in [0.25, 0.3) is 0 Å². The smallest absolute Gasteiger partial charge is 0.131 e. The number of rotatable bonds is 6. The van der Waals surface area contributed by atoms with Crippen molar-refractivity contribution in [1.29, 1.82) is 0 Å². The van der Waals surface area contributed by atoms with Gasteiger partial charge in [-0.1, -0.05) is 6.92 Å². The lowest BCUT2D eigenvalue weighted by Gasteiger charge is -2.17. The summed E-state index contributed by atoms with van der Waals surface area (Å²) >= 11 is 0. The number of fused-ring (bicyclic) bond motifs is 1. The van der Waals surface area contributed by atoms with Gasteiger partial charge in [-0.15, -0.1) is 0 Å². The average Bonchev–Trinajstić information content (AvgIpc) is 2.47. The van der Waals surface area contributed by atoms with Crippen molar-refractivity contribution in [3.05, 3.63) is 29.8 Å². The molecule has 1 heterocycles. The first-order chi connectivity index (χ1) is 9.67. The molecular formula is C16H23N3O. The van der Waals surface area contributed by atoms with Gasteiger partial charge in [0.05, 0.1) is 12.6 Å². The molecule has 20 heavy (non-hydrogen) atoms. The first-order valence-corrected chi connectivity index (χ1v) is 7.08. The van der Waals surface area contributed by atoms with E-state index in [1.807, 2.05) is 12.1 Å². The van der Waals surface area contributed by atoms with Crippen LogP contribution in [-0.4, -0.2) is 37.1 Å². The van der Waals surface area contributed by atoms with E-state index >= 15 is 0 Å². The number of anilines is 1. The van der Waals surface area contributed by atoms with Gasteiger partial charge in [-0.05, 0) is 38.7 Å². The second-order valence-electron chi connectivity index (χ2n) is 4.92. The van der Waals surface area contributed by atoms with Crippen molar-refractivity contribution in [2.24, 2.45) is 0 Å². The molecule has 1 aromatic heterocycles. The van der Waals surface area contributed by atoms with E-state index in [1.165, 1.54) is 5.56 Å². The maximum atomic E-state index is 5.27. The van der Waals surface area contributed by atoms with Crippen molar-refractivity contribution in [1.82, 2.24) is 9.88 Å². The Morgan fingerprint density at radius 1 is 1.25 bits per heavy atom. The summed E-state index contributed by atoms with van der Waals surface area (Å²) in [4.78, 5) is 7.01. The van der Waals surface area contributed by atoms with Crippen LogP contribution >= 0.6 is 0 Å². The summed E-state index contributed by atoms with van der Waals surface area (Å²) in [5.74, 6) is 1.81. The van der Waals surface area contributed by atoms with Crippen LogP contribution < -0.4 is 10.1 Å². The molecule has 0 aliphatic heterocycles. The number of benzene rings is 1. The highest BCUT2D eigenvalue weighted by Crippen LogP contribution is 2.25. The van der Waals surface area contributed by atoms with Gasteiger partial charge in [0, 0.05) is 30.1 Å². The molecule has 0 atom stereocenters. The zero-order valence-electron chi connectivity index (χ0n) is 12.7. The molecule has 0 fully saturated rings. The largest absolute Gasteiger partial charge is 0.497 e. The van der Waals surface area contributed by atoms with Crippen molar-refractivity contribution in [2.75, 3.05) is 32.6 Å². The summed E-state index contributed by atoms with van der Waals surface area (Å²) < 4.78 is 5.27. The summed E-state index contributed by atoms with van der Waals surface area (Å²) in [7, 11) is 3.80. The Kier molecular flexibility index (Phi) is 4.79. The fourth-order valence-corrected chi connectivity index (χ4v) is 2.16. The van der Waals surface area contributed by atoms with Gasteiger partial charge >= 0.3 is 0 Å². The molecule has 0 radical (unpaired) electrons. The van der Waals surface area contributed by atoms with E-state index in [9.17, 15) is 0 Å². The third-order valence-electron chi connectivity index (χ3n) is 3.43. The number of methoxy groups -OCH3 is 1. The molecule has 0 aliphatic carbocycles. The van der Waals surface area contributed by atoms with E-state index in [-0.39, 0.29) is 0 Å². The Hall–Kier alpha value is -1.81. The van der Waals surface area contributed by atoms with Crippen molar-refractivity contribution >= 4 is 16.7 Å². The van der Waals surface area contributed by atoms with E-state index in [0.29, 0.717) is 0 Å². The zero-order valence-corrected chi connectivity index (χ0v) is 12.7. The van der Waals surface area contributed by atoms with Gasteiger partial charge in [0.2, 0.25) is 0 Å². The van der Waals surface area contributed by atoms with Crippen LogP contribution in [0.1, 0.15) is 19.4 Å². The monoisotopic (exact) mass is 273 g/mol. The van der Waals surface area contributed by atoms with Crippen LogP contribution in [0.25, 0.3) is 10.9 Å². The highest BCUT2D eigenvalue weighted by Gasteiger charge is 2.09. The summed E-state index contributed by atoms with van der Waals surface area (Å²) in [5.41, 5.74) is 2.19. The summed E-state index contributed by atoms with van der Waals surface area (Å²) in [6.07, 6.45) is 0. The van der Waals surface area contributed by atoms with Gasteiger partial charge in [-0.2, -0.15) is 0 Å². The number of hydrogen-bond donors (Lipinski definition) is 1. The number of pyridine rings is 1. The highest BCUT2D eigenvalue weighted by molar-refractivity contribution is 5.83. The van der Waals surface area contributed by atoms with Gasteiger partial charge in [-0.3, -0.25) is 0 Å². The summed E-state index contributed by atoms with van der Waals surface area (Å²) in [5, 5.41) is 4.50. The van der Waals surface area contributed by atoms with E-state index in [4.69, 9.17) is 9.72 Å². The summed E-state index contributed by atoms with van der Waals surface area (Å²) in [6, 6.07) is 8.23. The zero-order chi connectivity index (χ0) is 14.5. The third-order valence-corrected chi connectivity index (χ3v) is 3.43. The van der Waals surface area contributed by atoms with Crippen molar-refractivity contribution in [2.45, 2.75) is 20.4 Å². The van der Waals surface area contributed by atoms with Crippen molar-refractivity contribution in [3.63, 3.8) is 0 Å². The average molecular weight is 273 g/mol. The fourth-order valence-electron chi connectivity index (χ4n) is 2.16. The van der Waals surface area contributed by atoms with Gasteiger partial charge in [-0.25, -0.2) is 4.98 Å². The van der Waals surface area contributed by atoms with E-state index < -0.39 is 0 Å². The van der Waals surface area contributed by atoms with Crippen LogP contribution in [0, 0.1) is 0 Å². The number of hydrogen-bond acceptors (Lipinski definition) is 4. The third kappa shape index (κ3) is 3.20. The molecule has 0 saturated carbocycles. The predicted molar refractivity (Wildman–Crippen MR) is 84.5 cm³/mol. The van der Waals surface area contributed by atoms with Crippen LogP contribution in [-0.2, 0) is 6.54 Å². The highest BCUT2D eigenvalue weighted by atomic mass is 16.5. The molecule has 0 aliphatic rings. The lowest BCUT2D eigenvalue weighted by atomic mass is 10.1. The van der Waals surface area contributed by atoms with Gasteiger partial charge in [0.15, 0.2) is 0 Å². The number of aromatic nitrogens is 1. The van der Waals surface area contributed by atoms with Gasteiger partial charge in [0.1, 0.15) is 11.6 Å². The number of ether oxygens (including phenoxy) is 1. The van der Waals surface area contributed by atoms with E-state index in [2.05, 4.69) is 43.2 Å². The maximum absolute atomic E-state index is 5.27. The normalized spacial score (nSPS) is 11.1. The Bertz CT molecular complexity index is 583. The summed E-state index contributed by atoms with van der Waals surface area (Å²) in [6.45, 7) is 7.03. The molecule has 2 aromatic rings. The van der Waals surface area contributed by atoms with Crippen LogP contribution in [0.3, 0.4) is 0 Å². The second kappa shape index (κ2) is 6.57. The lowest BCUT2D eigenvalue weighted by Crippen LogP contribution is -2.18. The fraction of sp³-hybridized carbons (Fsp3) is 0.438. The molecule has 2 rings (SSSR count). The molecule has 0 bridgehead atoms. The Balaban J connectivity index is 2.46. The minimum absolute atomic E-state index is 0.839. The topological polar surface area (TPSA) is 37.4 Å². The minimum Gasteiger partial charge on any atom is -0.497 e.